The number of hydrogen-bond donors (Lipinski definition) is 1. The number of rotatable bonds is 7. The quantitative estimate of drug-likeness (QED) is 0.300. The van der Waals surface area contributed by atoms with Crippen molar-refractivity contribution in [1.29, 1.82) is 0 Å². The molecule has 1 aliphatic heterocycles. The van der Waals surface area contributed by atoms with Crippen LogP contribution in [0.3, 0.4) is 0 Å². The Labute approximate surface area is 195 Å². The van der Waals surface area contributed by atoms with E-state index in [-0.39, 0.29) is 35.9 Å². The zero-order valence-electron chi connectivity index (χ0n) is 15.9. The molecule has 2 aromatic heterocycles. The van der Waals surface area contributed by atoms with Crippen molar-refractivity contribution in [3.8, 4) is 0 Å². The van der Waals surface area contributed by atoms with E-state index in [1.165, 1.54) is 29.4 Å². The fourth-order valence-corrected chi connectivity index (χ4v) is 5.61. The van der Waals surface area contributed by atoms with E-state index in [1.54, 1.807) is 30.3 Å². The average molecular weight is 491 g/mol. The van der Waals surface area contributed by atoms with E-state index in [0.29, 0.717) is 15.5 Å². The molecule has 1 aliphatic rings. The van der Waals surface area contributed by atoms with Crippen molar-refractivity contribution in [3.63, 3.8) is 0 Å². The Morgan fingerprint density at radius 3 is 2.90 bits per heavy atom. The molecule has 1 N–H and O–H groups in total. The summed E-state index contributed by atoms with van der Waals surface area (Å²) in [5.41, 5.74) is 1.52. The van der Waals surface area contributed by atoms with Gasteiger partial charge in [0.25, 0.3) is 11.1 Å². The lowest BCUT2D eigenvalue weighted by atomic mass is 10.2. The van der Waals surface area contributed by atoms with Gasteiger partial charge in [0.1, 0.15) is 11.4 Å². The summed E-state index contributed by atoms with van der Waals surface area (Å²) >= 11 is 9.84. The van der Waals surface area contributed by atoms with Crippen LogP contribution in [-0.4, -0.2) is 50.8 Å². The van der Waals surface area contributed by atoms with Crippen molar-refractivity contribution in [1.82, 2.24) is 20.2 Å². The number of thiophene rings is 1. The summed E-state index contributed by atoms with van der Waals surface area (Å²) in [7, 11) is 0. The third-order valence-corrected chi connectivity index (χ3v) is 7.55. The number of benzene rings is 1. The predicted octanol–water partition coefficient (Wildman–Crippen LogP) is 4.29. The zero-order valence-corrected chi connectivity index (χ0v) is 19.1. The molecule has 0 radical (unpaired) electrons. The number of nitrogens with one attached hydrogen (secondary N) is 1. The lowest BCUT2D eigenvalue weighted by Crippen LogP contribution is -2.37. The molecule has 0 bridgehead atoms. The molecule has 0 unspecified atom stereocenters. The van der Waals surface area contributed by atoms with Crippen LogP contribution in [0.1, 0.15) is 5.56 Å². The van der Waals surface area contributed by atoms with E-state index >= 15 is 0 Å². The maximum Gasteiger partial charge on any atom is 0.293 e. The normalized spacial score (nSPS) is 15.3. The molecule has 31 heavy (non-hydrogen) atoms. The van der Waals surface area contributed by atoms with Gasteiger partial charge >= 0.3 is 0 Å². The predicted molar refractivity (Wildman–Crippen MR) is 125 cm³/mol. The van der Waals surface area contributed by atoms with Crippen LogP contribution in [-0.2, 0) is 9.59 Å². The summed E-state index contributed by atoms with van der Waals surface area (Å²) < 4.78 is 0.948. The second-order valence-electron chi connectivity index (χ2n) is 6.31. The van der Waals surface area contributed by atoms with Crippen LogP contribution >= 0.6 is 46.5 Å². The summed E-state index contributed by atoms with van der Waals surface area (Å²) in [4.78, 5) is 46.8. The first-order chi connectivity index (χ1) is 15.0. The number of imide groups is 1. The standard InChI is InChI=1S/C20H15ClN4O3S3/c21-13-4-2-1-3-12(13)9-15-19(27)25(20(28)31-15)7-6-22-16(26)10-30-18-17-14(5-8-29-17)23-11-24-18/h1-5,8-9,11H,6-7,10H2,(H,22,26)/b15-9-. The van der Waals surface area contributed by atoms with E-state index < -0.39 is 0 Å². The SMILES string of the molecule is O=C(CSc1ncnc2ccsc12)NCCN1C(=O)S/C(=C\c2ccccc2Cl)C1=O. The smallest absolute Gasteiger partial charge is 0.293 e. The molecule has 3 amide bonds. The van der Waals surface area contributed by atoms with Gasteiger partial charge in [-0.15, -0.1) is 11.3 Å². The fourth-order valence-electron chi connectivity index (χ4n) is 2.79. The minimum atomic E-state index is -0.389. The number of amides is 3. The second-order valence-corrected chi connectivity index (χ2v) is 9.59. The molecule has 0 spiro atoms. The Morgan fingerprint density at radius 1 is 1.23 bits per heavy atom. The third kappa shape index (κ3) is 5.09. The molecule has 3 heterocycles. The number of fused-ring (bicyclic) bond motifs is 1. The van der Waals surface area contributed by atoms with Crippen LogP contribution in [0.25, 0.3) is 16.3 Å². The van der Waals surface area contributed by atoms with E-state index in [1.807, 2.05) is 11.4 Å². The highest BCUT2D eigenvalue weighted by atomic mass is 35.5. The van der Waals surface area contributed by atoms with Gasteiger partial charge in [0.05, 0.1) is 20.9 Å². The number of nitrogens with zero attached hydrogens (tertiary/aromatic N) is 3. The highest BCUT2D eigenvalue weighted by molar-refractivity contribution is 8.18. The number of thioether (sulfide) groups is 2. The first-order valence-electron chi connectivity index (χ1n) is 9.10. The molecule has 7 nitrogen and oxygen atoms in total. The molecule has 3 aromatic rings. The molecular formula is C20H15ClN4O3S3. The molecule has 1 saturated heterocycles. The van der Waals surface area contributed by atoms with E-state index in [4.69, 9.17) is 11.6 Å². The number of carbonyl (C=O) groups excluding carboxylic acids is 3. The van der Waals surface area contributed by atoms with Gasteiger partial charge in [-0.3, -0.25) is 19.3 Å². The number of hydrogen-bond acceptors (Lipinski definition) is 8. The summed E-state index contributed by atoms with van der Waals surface area (Å²) in [6.07, 6.45) is 3.08. The van der Waals surface area contributed by atoms with Gasteiger partial charge in [0.15, 0.2) is 0 Å². The van der Waals surface area contributed by atoms with Gasteiger partial charge in [0, 0.05) is 18.1 Å². The van der Waals surface area contributed by atoms with Crippen LogP contribution in [0.2, 0.25) is 5.02 Å². The van der Waals surface area contributed by atoms with Crippen molar-refractivity contribution in [2.45, 2.75) is 5.03 Å². The number of halogens is 1. The highest BCUT2D eigenvalue weighted by Gasteiger charge is 2.34. The van der Waals surface area contributed by atoms with Crippen LogP contribution < -0.4 is 5.32 Å². The minimum absolute atomic E-state index is 0.101. The first kappa shape index (κ1) is 21.8. The maximum atomic E-state index is 12.6. The average Bonchev–Trinajstić information content (AvgIpc) is 3.34. The lowest BCUT2D eigenvalue weighted by molar-refractivity contribution is -0.123. The Balaban J connectivity index is 1.28. The van der Waals surface area contributed by atoms with Gasteiger partial charge in [-0.05, 0) is 40.9 Å². The van der Waals surface area contributed by atoms with E-state index in [9.17, 15) is 14.4 Å². The van der Waals surface area contributed by atoms with Gasteiger partial charge in [-0.2, -0.15) is 0 Å². The highest BCUT2D eigenvalue weighted by Crippen LogP contribution is 2.33. The zero-order chi connectivity index (χ0) is 21.8. The van der Waals surface area contributed by atoms with Crippen molar-refractivity contribution in [3.05, 3.63) is 57.5 Å². The van der Waals surface area contributed by atoms with Gasteiger partial charge in [0.2, 0.25) is 5.91 Å². The van der Waals surface area contributed by atoms with Crippen LogP contribution in [0.15, 0.2) is 52.0 Å². The second kappa shape index (κ2) is 9.82. The monoisotopic (exact) mass is 490 g/mol. The van der Waals surface area contributed by atoms with E-state index in [2.05, 4.69) is 15.3 Å². The Bertz CT molecular complexity index is 1200. The molecule has 0 saturated carbocycles. The molecule has 0 aliphatic carbocycles. The summed E-state index contributed by atoms with van der Waals surface area (Å²) in [5, 5.41) is 5.56. The van der Waals surface area contributed by atoms with E-state index in [0.717, 1.165) is 31.9 Å². The van der Waals surface area contributed by atoms with Gasteiger partial charge in [-0.1, -0.05) is 41.6 Å². The molecular weight excluding hydrogens is 476 g/mol. The van der Waals surface area contributed by atoms with Crippen molar-refractivity contribution >= 4 is 79.8 Å². The lowest BCUT2D eigenvalue weighted by Gasteiger charge is -2.13. The van der Waals surface area contributed by atoms with Crippen molar-refractivity contribution in [2.24, 2.45) is 0 Å². The molecule has 4 rings (SSSR count). The van der Waals surface area contributed by atoms with Gasteiger partial charge in [-0.25, -0.2) is 9.97 Å². The largest absolute Gasteiger partial charge is 0.354 e. The topological polar surface area (TPSA) is 92.3 Å². The Morgan fingerprint density at radius 2 is 2.06 bits per heavy atom. The molecule has 1 fully saturated rings. The van der Waals surface area contributed by atoms with Crippen LogP contribution in [0.4, 0.5) is 4.79 Å². The molecule has 1 aromatic carbocycles. The maximum absolute atomic E-state index is 12.6. The first-order valence-corrected chi connectivity index (χ1v) is 12.2. The van der Waals surface area contributed by atoms with Crippen molar-refractivity contribution in [2.75, 3.05) is 18.8 Å². The number of aromatic nitrogens is 2. The molecule has 158 valence electrons. The Kier molecular flexibility index (Phi) is 6.91. The molecule has 0 atom stereocenters. The van der Waals surface area contributed by atoms with Crippen LogP contribution in [0, 0.1) is 0 Å². The summed E-state index contributed by atoms with van der Waals surface area (Å²) in [6, 6.07) is 8.99. The Hall–Kier alpha value is -2.40. The third-order valence-electron chi connectivity index (χ3n) is 4.27. The fraction of sp³-hybridized carbons (Fsp3) is 0.150. The van der Waals surface area contributed by atoms with Gasteiger partial charge < -0.3 is 5.32 Å². The molecule has 11 heteroatoms. The summed E-state index contributed by atoms with van der Waals surface area (Å²) in [5.74, 6) is -0.412. The minimum Gasteiger partial charge on any atom is -0.354 e. The summed E-state index contributed by atoms with van der Waals surface area (Å²) in [6.45, 7) is 0.276. The van der Waals surface area contributed by atoms with Crippen molar-refractivity contribution < 1.29 is 14.4 Å². The van der Waals surface area contributed by atoms with Crippen LogP contribution in [0.5, 0.6) is 0 Å². The number of carbonyl (C=O) groups is 3.